The zero-order valence-electron chi connectivity index (χ0n) is 29.5. The van der Waals surface area contributed by atoms with Crippen molar-refractivity contribution in [3.05, 3.63) is 95.3 Å². The van der Waals surface area contributed by atoms with E-state index in [-0.39, 0.29) is 23.8 Å². The van der Waals surface area contributed by atoms with Gasteiger partial charge in [0.05, 0.1) is 12.1 Å². The minimum Gasteiger partial charge on any atom is -0.382 e. The van der Waals surface area contributed by atoms with Crippen LogP contribution in [0.4, 0.5) is 0 Å². The van der Waals surface area contributed by atoms with Crippen LogP contribution < -0.4 is 5.32 Å². The van der Waals surface area contributed by atoms with Gasteiger partial charge in [-0.3, -0.25) is 14.6 Å². The van der Waals surface area contributed by atoms with Gasteiger partial charge in [-0.1, -0.05) is 69.5 Å². The van der Waals surface area contributed by atoms with Crippen molar-refractivity contribution in [1.29, 1.82) is 0 Å². The van der Waals surface area contributed by atoms with E-state index in [0.29, 0.717) is 31.2 Å². The molecule has 46 heavy (non-hydrogen) atoms. The lowest BCUT2D eigenvalue weighted by molar-refractivity contribution is -0.140. The summed E-state index contributed by atoms with van der Waals surface area (Å²) in [4.78, 5) is 44.5. The average molecular weight is 633 g/mol. The lowest BCUT2D eigenvalue weighted by Gasteiger charge is -2.34. The molecule has 1 fully saturated rings. The largest absolute Gasteiger partial charge is 0.382 e. The lowest BCUT2D eigenvalue weighted by atomic mass is 10.0. The normalized spacial score (nSPS) is 17.6. The molecule has 0 radical (unpaired) electrons. The summed E-state index contributed by atoms with van der Waals surface area (Å²) in [5, 5.41) is 3.10. The number of fused-ring (bicyclic) bond motifs is 1. The summed E-state index contributed by atoms with van der Waals surface area (Å²) >= 11 is 0. The number of rotatable bonds is 12. The first-order valence-electron chi connectivity index (χ1n) is 16.1. The van der Waals surface area contributed by atoms with E-state index in [2.05, 4.69) is 30.4 Å². The van der Waals surface area contributed by atoms with Gasteiger partial charge in [0.15, 0.2) is 0 Å². The van der Waals surface area contributed by atoms with Gasteiger partial charge < -0.3 is 24.6 Å². The van der Waals surface area contributed by atoms with Gasteiger partial charge in [0, 0.05) is 44.2 Å². The maximum atomic E-state index is 13.0. The number of aldehydes is 1. The molecule has 1 saturated heterocycles. The number of allylic oxidation sites excluding steroid dienone is 6. The van der Waals surface area contributed by atoms with Crippen molar-refractivity contribution in [2.24, 2.45) is 10.9 Å². The Hall–Kier alpha value is -3.88. The van der Waals surface area contributed by atoms with Crippen molar-refractivity contribution in [2.75, 3.05) is 27.2 Å². The number of methoxy groups -OCH3 is 1. The SMILES string of the molecule is C=C\C(=C/C=C(C=C)/C(C)=C(\C)N=CC)CNC.CC(C)C(C(=O)N1CCC[C@H]1C=O)N1Cc2ccccc2C1=O.COC(C)C. The second-order valence-corrected chi connectivity index (χ2v) is 11.8. The first-order chi connectivity index (χ1) is 21.9. The molecule has 2 atom stereocenters. The zero-order valence-corrected chi connectivity index (χ0v) is 29.5. The maximum absolute atomic E-state index is 13.0. The molecule has 2 aliphatic heterocycles. The standard InChI is InChI=1S/C18H22N2O3.C16H24N2.C4H10O/c1-12(2)16(18(23)19-9-5-7-14(19)11-21)20-10-13-6-3-4-8-15(13)17(20)22;1-7-15(12-17-6)10-11-16(8-2)13(4)14(5)18-9-3;1-4(2)5-3/h3-4,6,8,11-12,14,16H,5,7,9-10H2,1-2H3;7-11,17H,1-2,12H2,3-6H3;4H,1-3H3/b;14-13+,15-10+,16-11+,18-9?;/t14-,16?;;/m0../s1. The maximum Gasteiger partial charge on any atom is 0.255 e. The van der Waals surface area contributed by atoms with Gasteiger partial charge in [0.1, 0.15) is 12.3 Å². The van der Waals surface area contributed by atoms with Crippen molar-refractivity contribution >= 4 is 24.3 Å². The summed E-state index contributed by atoms with van der Waals surface area (Å²) in [6.07, 6.45) is 12.4. The first-order valence-corrected chi connectivity index (χ1v) is 16.1. The summed E-state index contributed by atoms with van der Waals surface area (Å²) in [5.41, 5.74) is 6.00. The van der Waals surface area contributed by atoms with Crippen LogP contribution in [-0.2, 0) is 20.9 Å². The summed E-state index contributed by atoms with van der Waals surface area (Å²) in [6.45, 7) is 23.4. The van der Waals surface area contributed by atoms with Crippen LogP contribution in [0.2, 0.25) is 0 Å². The summed E-state index contributed by atoms with van der Waals surface area (Å²) in [6, 6.07) is 6.63. The molecule has 0 aromatic heterocycles. The van der Waals surface area contributed by atoms with Crippen LogP contribution in [0.5, 0.6) is 0 Å². The Morgan fingerprint density at radius 3 is 2.28 bits per heavy atom. The fourth-order valence-corrected chi connectivity index (χ4v) is 5.10. The van der Waals surface area contributed by atoms with Crippen molar-refractivity contribution < 1.29 is 19.1 Å². The van der Waals surface area contributed by atoms with Gasteiger partial charge >= 0.3 is 0 Å². The van der Waals surface area contributed by atoms with Crippen molar-refractivity contribution in [1.82, 2.24) is 15.1 Å². The van der Waals surface area contributed by atoms with Crippen LogP contribution in [0, 0.1) is 5.92 Å². The molecular formula is C38H56N4O4. The Morgan fingerprint density at radius 1 is 1.13 bits per heavy atom. The van der Waals surface area contributed by atoms with E-state index in [0.717, 1.165) is 47.2 Å². The van der Waals surface area contributed by atoms with E-state index in [4.69, 9.17) is 4.74 Å². The molecule has 3 rings (SSSR count). The molecule has 2 aliphatic rings. The number of hydrogen-bond donors (Lipinski definition) is 1. The van der Waals surface area contributed by atoms with Crippen molar-refractivity contribution in [3.63, 3.8) is 0 Å². The number of amides is 2. The van der Waals surface area contributed by atoms with Gasteiger partial charge in [-0.25, -0.2) is 0 Å². The number of hydrogen-bond acceptors (Lipinski definition) is 6. The first kappa shape index (κ1) is 40.1. The van der Waals surface area contributed by atoms with E-state index in [1.54, 1.807) is 23.1 Å². The molecule has 2 heterocycles. The van der Waals surface area contributed by atoms with E-state index >= 15 is 0 Å². The molecule has 1 aromatic carbocycles. The Bertz CT molecular complexity index is 1310. The van der Waals surface area contributed by atoms with Gasteiger partial charge in [0.2, 0.25) is 5.91 Å². The predicted molar refractivity (Wildman–Crippen MR) is 191 cm³/mol. The minimum absolute atomic E-state index is 0.00587. The van der Waals surface area contributed by atoms with Crippen LogP contribution in [-0.4, -0.2) is 79.5 Å². The van der Waals surface area contributed by atoms with Crippen LogP contribution in [0.1, 0.15) is 77.2 Å². The molecular weight excluding hydrogens is 576 g/mol. The number of nitrogens with one attached hydrogen (secondary N) is 1. The van der Waals surface area contributed by atoms with Crippen LogP contribution in [0.15, 0.2) is 89.1 Å². The highest BCUT2D eigenvalue weighted by Gasteiger charge is 2.42. The average Bonchev–Trinajstić information content (AvgIpc) is 3.66. The number of carbonyl (C=O) groups excluding carboxylic acids is 3. The Kier molecular flexibility index (Phi) is 18.3. The molecule has 8 heteroatoms. The van der Waals surface area contributed by atoms with Crippen LogP contribution >= 0.6 is 0 Å². The van der Waals surface area contributed by atoms with Crippen molar-refractivity contribution in [2.45, 2.75) is 86.0 Å². The number of ether oxygens (including phenoxy) is 1. The third kappa shape index (κ3) is 11.8. The minimum atomic E-state index is -0.518. The lowest BCUT2D eigenvalue weighted by Crippen LogP contribution is -2.52. The Labute approximate surface area is 277 Å². The molecule has 252 valence electrons. The Balaban J connectivity index is 0.000000412. The second-order valence-electron chi connectivity index (χ2n) is 11.8. The molecule has 0 spiro atoms. The van der Waals surface area contributed by atoms with Gasteiger partial charge in [-0.05, 0) is 88.8 Å². The third-order valence-corrected chi connectivity index (χ3v) is 7.92. The molecule has 2 amide bonds. The summed E-state index contributed by atoms with van der Waals surface area (Å²) in [5.74, 6) is -0.195. The monoisotopic (exact) mass is 632 g/mol. The molecule has 1 aromatic rings. The molecule has 0 bridgehead atoms. The van der Waals surface area contributed by atoms with E-state index in [9.17, 15) is 14.4 Å². The fourth-order valence-electron chi connectivity index (χ4n) is 5.10. The summed E-state index contributed by atoms with van der Waals surface area (Å²) in [7, 11) is 3.62. The van der Waals surface area contributed by atoms with Crippen LogP contribution in [0.25, 0.3) is 0 Å². The smallest absolute Gasteiger partial charge is 0.255 e. The quantitative estimate of drug-likeness (QED) is 0.157. The number of aliphatic imine (C=N–C) groups is 1. The molecule has 0 aliphatic carbocycles. The number of nitrogens with zero attached hydrogens (tertiary/aromatic N) is 3. The van der Waals surface area contributed by atoms with Gasteiger partial charge in [-0.2, -0.15) is 0 Å². The van der Waals surface area contributed by atoms with E-state index < -0.39 is 6.04 Å². The number of likely N-dealkylation sites (N-methyl/N-ethyl adjacent to an activating group) is 1. The van der Waals surface area contributed by atoms with Gasteiger partial charge in [-0.15, -0.1) is 0 Å². The molecule has 1 unspecified atom stereocenters. The van der Waals surface area contributed by atoms with E-state index in [1.807, 2.05) is 97.2 Å². The summed E-state index contributed by atoms with van der Waals surface area (Å²) < 4.78 is 4.75. The molecule has 0 saturated carbocycles. The highest BCUT2D eigenvalue weighted by molar-refractivity contribution is 6.01. The molecule has 1 N–H and O–H groups in total. The second kappa shape index (κ2) is 21.0. The topological polar surface area (TPSA) is 91.3 Å². The zero-order chi connectivity index (χ0) is 34.8. The van der Waals surface area contributed by atoms with E-state index in [1.165, 1.54) is 0 Å². The van der Waals surface area contributed by atoms with Gasteiger partial charge in [0.25, 0.3) is 5.91 Å². The van der Waals surface area contributed by atoms with Crippen LogP contribution in [0.3, 0.4) is 0 Å². The Morgan fingerprint density at radius 2 is 1.78 bits per heavy atom. The number of carbonyl (C=O) groups is 3. The highest BCUT2D eigenvalue weighted by Crippen LogP contribution is 2.29. The number of likely N-dealkylation sites (tertiary alicyclic amines) is 1. The predicted octanol–water partition coefficient (Wildman–Crippen LogP) is 6.71. The van der Waals surface area contributed by atoms with Crippen molar-refractivity contribution in [3.8, 4) is 0 Å². The fraction of sp³-hybridized carbons (Fsp3) is 0.474. The molecule has 8 nitrogen and oxygen atoms in total. The number of benzene rings is 1. The highest BCUT2D eigenvalue weighted by atomic mass is 16.5. The third-order valence-electron chi connectivity index (χ3n) is 7.92.